The van der Waals surface area contributed by atoms with Crippen molar-refractivity contribution in [1.82, 2.24) is 9.97 Å². The van der Waals surface area contributed by atoms with Crippen molar-refractivity contribution in [3.05, 3.63) is 38.5 Å². The highest BCUT2D eigenvalue weighted by Crippen LogP contribution is 2.22. The number of thiophene rings is 1. The first kappa shape index (κ1) is 14.9. The number of halogens is 1. The highest BCUT2D eigenvalue weighted by Gasteiger charge is 2.15. The zero-order valence-electron chi connectivity index (χ0n) is 11.1. The Morgan fingerprint density at radius 1 is 1.55 bits per heavy atom. The minimum atomic E-state index is -1.05. The number of carboxylic acids is 1. The lowest BCUT2D eigenvalue weighted by Crippen LogP contribution is -2.11. The summed E-state index contributed by atoms with van der Waals surface area (Å²) in [7, 11) is 0. The van der Waals surface area contributed by atoms with Crippen molar-refractivity contribution in [3.8, 4) is 0 Å². The quantitative estimate of drug-likeness (QED) is 0.854. The van der Waals surface area contributed by atoms with Crippen molar-refractivity contribution in [2.75, 3.05) is 5.32 Å². The predicted octanol–water partition coefficient (Wildman–Crippen LogP) is 3.73. The van der Waals surface area contributed by atoms with Crippen LogP contribution >= 0.6 is 27.3 Å². The van der Waals surface area contributed by atoms with Crippen LogP contribution in [-0.2, 0) is 6.54 Å². The van der Waals surface area contributed by atoms with Crippen molar-refractivity contribution in [3.63, 3.8) is 0 Å². The number of carbonyl (C=O) groups is 1. The van der Waals surface area contributed by atoms with Crippen LogP contribution in [0, 0.1) is 0 Å². The number of aromatic nitrogens is 2. The normalized spacial score (nSPS) is 10.8. The maximum atomic E-state index is 11.3. The molecule has 7 heteroatoms. The third kappa shape index (κ3) is 3.55. The molecule has 0 radical (unpaired) electrons. The van der Waals surface area contributed by atoms with Crippen molar-refractivity contribution >= 4 is 38.9 Å². The van der Waals surface area contributed by atoms with E-state index in [0.717, 1.165) is 9.35 Å². The van der Waals surface area contributed by atoms with Gasteiger partial charge in [-0.1, -0.05) is 13.8 Å². The number of hydrogen-bond donors (Lipinski definition) is 2. The van der Waals surface area contributed by atoms with Gasteiger partial charge in [-0.15, -0.1) is 11.3 Å². The van der Waals surface area contributed by atoms with Crippen LogP contribution in [0.3, 0.4) is 0 Å². The van der Waals surface area contributed by atoms with Gasteiger partial charge < -0.3 is 10.4 Å². The Hall–Kier alpha value is -1.47. The molecule has 20 heavy (non-hydrogen) atoms. The summed E-state index contributed by atoms with van der Waals surface area (Å²) in [5.41, 5.74) is 0.450. The minimum absolute atomic E-state index is 0.0133. The summed E-state index contributed by atoms with van der Waals surface area (Å²) in [6, 6.07) is 1.99. The van der Waals surface area contributed by atoms with Gasteiger partial charge >= 0.3 is 5.97 Å². The van der Waals surface area contributed by atoms with Gasteiger partial charge in [-0.3, -0.25) is 0 Å². The van der Waals surface area contributed by atoms with Crippen molar-refractivity contribution in [2.24, 2.45) is 0 Å². The summed E-state index contributed by atoms with van der Waals surface area (Å²) >= 11 is 4.98. The SMILES string of the molecule is CC(C)c1ncc(NCc2cc(Br)cs2)c(C(=O)O)n1. The van der Waals surface area contributed by atoms with E-state index in [4.69, 9.17) is 0 Å². The maximum Gasteiger partial charge on any atom is 0.356 e. The maximum absolute atomic E-state index is 11.3. The van der Waals surface area contributed by atoms with Gasteiger partial charge in [0.05, 0.1) is 11.9 Å². The van der Waals surface area contributed by atoms with E-state index in [2.05, 4.69) is 31.2 Å². The first-order chi connectivity index (χ1) is 9.47. The molecule has 2 rings (SSSR count). The molecule has 2 N–H and O–H groups in total. The first-order valence-electron chi connectivity index (χ1n) is 6.04. The van der Waals surface area contributed by atoms with Crippen molar-refractivity contribution < 1.29 is 9.90 Å². The molecule has 0 saturated carbocycles. The molecular formula is C13H14BrN3O2S. The fourth-order valence-corrected chi connectivity index (χ4v) is 2.99. The molecule has 0 fully saturated rings. The van der Waals surface area contributed by atoms with Crippen LogP contribution in [0.4, 0.5) is 5.69 Å². The fourth-order valence-electron chi connectivity index (χ4n) is 1.59. The lowest BCUT2D eigenvalue weighted by molar-refractivity contribution is 0.0691. The number of nitrogens with one attached hydrogen (secondary N) is 1. The third-order valence-corrected chi connectivity index (χ3v) is 4.30. The van der Waals surface area contributed by atoms with E-state index in [1.165, 1.54) is 6.20 Å². The lowest BCUT2D eigenvalue weighted by atomic mass is 10.2. The fraction of sp³-hybridized carbons (Fsp3) is 0.308. The molecule has 0 spiro atoms. The Labute approximate surface area is 129 Å². The summed E-state index contributed by atoms with van der Waals surface area (Å²) in [6.07, 6.45) is 1.54. The molecule has 106 valence electrons. The highest BCUT2D eigenvalue weighted by molar-refractivity contribution is 9.10. The summed E-state index contributed by atoms with van der Waals surface area (Å²) in [5, 5.41) is 14.3. The van der Waals surface area contributed by atoms with E-state index < -0.39 is 5.97 Å². The average Bonchev–Trinajstić information content (AvgIpc) is 2.81. The third-order valence-electron chi connectivity index (χ3n) is 2.60. The number of aromatic carboxylic acids is 1. The zero-order chi connectivity index (χ0) is 14.7. The van der Waals surface area contributed by atoms with E-state index in [1.807, 2.05) is 25.3 Å². The number of anilines is 1. The standard InChI is InChI=1S/C13H14BrN3O2S/c1-7(2)12-16-5-10(11(17-12)13(18)19)15-4-9-3-8(14)6-20-9/h3,5-7,15H,4H2,1-2H3,(H,18,19). The molecule has 0 aromatic carbocycles. The molecule has 0 bridgehead atoms. The molecular weight excluding hydrogens is 342 g/mol. The van der Waals surface area contributed by atoms with Gasteiger partial charge in [0, 0.05) is 27.2 Å². The van der Waals surface area contributed by atoms with Gasteiger partial charge in [-0.05, 0) is 22.0 Å². The minimum Gasteiger partial charge on any atom is -0.476 e. The zero-order valence-corrected chi connectivity index (χ0v) is 13.5. The van der Waals surface area contributed by atoms with Gasteiger partial charge in [-0.2, -0.15) is 0 Å². The van der Waals surface area contributed by atoms with Gasteiger partial charge in [-0.25, -0.2) is 14.8 Å². The monoisotopic (exact) mass is 355 g/mol. The van der Waals surface area contributed by atoms with E-state index in [1.54, 1.807) is 11.3 Å². The van der Waals surface area contributed by atoms with Crippen LogP contribution in [0.5, 0.6) is 0 Å². The van der Waals surface area contributed by atoms with E-state index in [-0.39, 0.29) is 11.6 Å². The Kier molecular flexibility index (Phi) is 4.72. The molecule has 0 amide bonds. The topological polar surface area (TPSA) is 75.1 Å². The molecule has 0 aliphatic rings. The summed E-state index contributed by atoms with van der Waals surface area (Å²) in [4.78, 5) is 20.7. The van der Waals surface area contributed by atoms with Gasteiger partial charge in [0.25, 0.3) is 0 Å². The Bertz CT molecular complexity index is 628. The molecule has 0 aliphatic carbocycles. The van der Waals surface area contributed by atoms with Gasteiger partial charge in [0.1, 0.15) is 5.82 Å². The Morgan fingerprint density at radius 2 is 2.30 bits per heavy atom. The summed E-state index contributed by atoms with van der Waals surface area (Å²) < 4.78 is 1.02. The molecule has 0 aliphatic heterocycles. The van der Waals surface area contributed by atoms with E-state index >= 15 is 0 Å². The second-order valence-electron chi connectivity index (χ2n) is 4.54. The van der Waals surface area contributed by atoms with Crippen molar-refractivity contribution in [1.29, 1.82) is 0 Å². The smallest absolute Gasteiger partial charge is 0.356 e. The molecule has 2 heterocycles. The number of carboxylic acid groups (broad SMARTS) is 1. The van der Waals surface area contributed by atoms with Crippen LogP contribution in [-0.4, -0.2) is 21.0 Å². The summed E-state index contributed by atoms with van der Waals surface area (Å²) in [6.45, 7) is 4.40. The van der Waals surface area contributed by atoms with Crippen LogP contribution < -0.4 is 5.32 Å². The molecule has 2 aromatic rings. The van der Waals surface area contributed by atoms with E-state index in [9.17, 15) is 9.90 Å². The lowest BCUT2D eigenvalue weighted by Gasteiger charge is -2.10. The van der Waals surface area contributed by atoms with Crippen molar-refractivity contribution in [2.45, 2.75) is 26.3 Å². The molecule has 2 aromatic heterocycles. The molecule has 0 atom stereocenters. The molecule has 0 saturated heterocycles. The Morgan fingerprint density at radius 3 is 2.85 bits per heavy atom. The van der Waals surface area contributed by atoms with Crippen LogP contribution in [0.1, 0.15) is 41.0 Å². The van der Waals surface area contributed by atoms with Crippen LogP contribution in [0.15, 0.2) is 22.1 Å². The first-order valence-corrected chi connectivity index (χ1v) is 7.71. The number of hydrogen-bond acceptors (Lipinski definition) is 5. The Balaban J connectivity index is 2.20. The van der Waals surface area contributed by atoms with E-state index in [0.29, 0.717) is 18.1 Å². The highest BCUT2D eigenvalue weighted by atomic mass is 79.9. The summed E-state index contributed by atoms with van der Waals surface area (Å²) in [5.74, 6) is -0.425. The molecule has 0 unspecified atom stereocenters. The average molecular weight is 356 g/mol. The second-order valence-corrected chi connectivity index (χ2v) is 6.45. The predicted molar refractivity (Wildman–Crippen MR) is 82.4 cm³/mol. The molecule has 5 nitrogen and oxygen atoms in total. The van der Waals surface area contributed by atoms with Crippen LogP contribution in [0.2, 0.25) is 0 Å². The number of rotatable bonds is 5. The van der Waals surface area contributed by atoms with Gasteiger partial charge in [0.15, 0.2) is 5.69 Å². The van der Waals surface area contributed by atoms with Crippen LogP contribution in [0.25, 0.3) is 0 Å². The second kappa shape index (κ2) is 6.32. The van der Waals surface area contributed by atoms with Gasteiger partial charge in [0.2, 0.25) is 0 Å². The number of nitrogens with zero attached hydrogens (tertiary/aromatic N) is 2. The largest absolute Gasteiger partial charge is 0.476 e.